The highest BCUT2D eigenvalue weighted by molar-refractivity contribution is 6.09. The second-order valence-electron chi connectivity index (χ2n) is 7.20. The van der Waals surface area contributed by atoms with Crippen molar-refractivity contribution in [2.75, 3.05) is 55.6 Å². The quantitative estimate of drug-likeness (QED) is 0.214. The van der Waals surface area contributed by atoms with Crippen molar-refractivity contribution in [3.8, 4) is 23.0 Å². The van der Waals surface area contributed by atoms with Crippen molar-refractivity contribution < 1.29 is 42.7 Å². The number of carbonyl (C=O) groups excluding carboxylic acids is 1. The molecule has 0 bridgehead atoms. The van der Waals surface area contributed by atoms with Gasteiger partial charge in [-0.2, -0.15) is 0 Å². The molecule has 9 heteroatoms. The van der Waals surface area contributed by atoms with E-state index in [1.165, 1.54) is 34.5 Å². The van der Waals surface area contributed by atoms with Crippen molar-refractivity contribution in [1.29, 1.82) is 0 Å². The topological polar surface area (TPSA) is 90.9 Å². The molecule has 0 aromatic heterocycles. The van der Waals surface area contributed by atoms with E-state index in [1.54, 1.807) is 18.2 Å². The lowest BCUT2D eigenvalue weighted by molar-refractivity contribution is 0.0218. The molecule has 2 aromatic rings. The number of hydrogen-bond acceptors (Lipinski definition) is 9. The Morgan fingerprint density at radius 1 is 0.706 bits per heavy atom. The summed E-state index contributed by atoms with van der Waals surface area (Å²) >= 11 is 0. The summed E-state index contributed by atoms with van der Waals surface area (Å²) in [6.07, 6.45) is 3.11. The Morgan fingerprint density at radius 3 is 1.74 bits per heavy atom. The van der Waals surface area contributed by atoms with Crippen LogP contribution in [0.4, 0.5) is 0 Å². The van der Waals surface area contributed by atoms with Gasteiger partial charge in [-0.3, -0.25) is 4.79 Å². The van der Waals surface area contributed by atoms with Gasteiger partial charge < -0.3 is 37.9 Å². The molecule has 0 fully saturated rings. The standard InChI is InChI=1S/C25H32O9/c1-17-9-18(2)24(21(10-17)31-13-27-3)20(26)8-7-19-11-22(32-14-28-4)25(34-16-30-6)23(12-19)33-15-29-5/h7-12H,13-16H2,1-6H3/b8-7+. The first-order valence-electron chi connectivity index (χ1n) is 10.4. The second-order valence-corrected chi connectivity index (χ2v) is 7.20. The van der Waals surface area contributed by atoms with E-state index < -0.39 is 0 Å². The molecule has 2 aromatic carbocycles. The van der Waals surface area contributed by atoms with Gasteiger partial charge in [0.1, 0.15) is 5.75 Å². The first-order valence-corrected chi connectivity index (χ1v) is 10.4. The third-order valence-electron chi connectivity index (χ3n) is 4.48. The summed E-state index contributed by atoms with van der Waals surface area (Å²) in [6, 6.07) is 7.15. The molecule has 0 unspecified atom stereocenters. The van der Waals surface area contributed by atoms with Crippen LogP contribution in [0.25, 0.3) is 6.08 Å². The fraction of sp³-hybridized carbons (Fsp3) is 0.400. The van der Waals surface area contributed by atoms with Gasteiger partial charge in [0.25, 0.3) is 0 Å². The number of hydrogen-bond donors (Lipinski definition) is 0. The lowest BCUT2D eigenvalue weighted by atomic mass is 10.00. The third kappa shape index (κ3) is 7.74. The normalized spacial score (nSPS) is 11.0. The number of rotatable bonds is 15. The molecule has 0 radical (unpaired) electrons. The molecule has 2 rings (SSSR count). The van der Waals surface area contributed by atoms with Crippen LogP contribution in [0.5, 0.6) is 23.0 Å². The number of ketones is 1. The summed E-state index contributed by atoms with van der Waals surface area (Å²) in [5.74, 6) is 1.28. The summed E-state index contributed by atoms with van der Waals surface area (Å²) in [4.78, 5) is 13.1. The SMILES string of the molecule is COCOc1cc(/C=C/C(=O)c2c(C)cc(C)cc2OCOC)cc(OCOC)c1OCOC. The van der Waals surface area contributed by atoms with Crippen molar-refractivity contribution in [2.45, 2.75) is 13.8 Å². The van der Waals surface area contributed by atoms with Gasteiger partial charge in [0.05, 0.1) is 5.56 Å². The second kappa shape index (κ2) is 14.2. The van der Waals surface area contributed by atoms with Crippen LogP contribution in [0.1, 0.15) is 27.0 Å². The van der Waals surface area contributed by atoms with E-state index in [-0.39, 0.29) is 33.0 Å². The minimum atomic E-state index is -0.220. The van der Waals surface area contributed by atoms with E-state index in [0.717, 1.165) is 11.1 Å². The summed E-state index contributed by atoms with van der Waals surface area (Å²) < 4.78 is 42.6. The summed E-state index contributed by atoms with van der Waals surface area (Å²) in [5.41, 5.74) is 2.89. The molecule has 0 amide bonds. The lowest BCUT2D eigenvalue weighted by Crippen LogP contribution is -2.08. The van der Waals surface area contributed by atoms with Crippen LogP contribution in [-0.2, 0) is 18.9 Å². The van der Waals surface area contributed by atoms with Gasteiger partial charge >= 0.3 is 0 Å². The van der Waals surface area contributed by atoms with Crippen molar-refractivity contribution in [2.24, 2.45) is 0 Å². The maximum absolute atomic E-state index is 13.1. The van der Waals surface area contributed by atoms with Crippen molar-refractivity contribution in [3.05, 3.63) is 52.6 Å². The molecule has 0 aliphatic rings. The third-order valence-corrected chi connectivity index (χ3v) is 4.48. The largest absolute Gasteiger partial charge is 0.467 e. The van der Waals surface area contributed by atoms with Gasteiger partial charge in [-0.15, -0.1) is 0 Å². The van der Waals surface area contributed by atoms with Crippen LogP contribution in [0.3, 0.4) is 0 Å². The van der Waals surface area contributed by atoms with Gasteiger partial charge in [-0.05, 0) is 54.8 Å². The first kappa shape index (κ1) is 27.1. The molecule has 0 spiro atoms. The van der Waals surface area contributed by atoms with Crippen molar-refractivity contribution >= 4 is 11.9 Å². The Labute approximate surface area is 200 Å². The smallest absolute Gasteiger partial charge is 0.206 e. The highest BCUT2D eigenvalue weighted by Crippen LogP contribution is 2.39. The monoisotopic (exact) mass is 476 g/mol. The van der Waals surface area contributed by atoms with Gasteiger partial charge in [0.15, 0.2) is 44.5 Å². The Bertz CT molecular complexity index is 940. The molecule has 34 heavy (non-hydrogen) atoms. The zero-order chi connectivity index (χ0) is 24.9. The molecule has 0 saturated carbocycles. The molecule has 0 saturated heterocycles. The van der Waals surface area contributed by atoms with Gasteiger partial charge in [0, 0.05) is 28.4 Å². The number of carbonyl (C=O) groups is 1. The van der Waals surface area contributed by atoms with Gasteiger partial charge in [-0.25, -0.2) is 0 Å². The van der Waals surface area contributed by atoms with Crippen molar-refractivity contribution in [1.82, 2.24) is 0 Å². The fourth-order valence-corrected chi connectivity index (χ4v) is 3.15. The van der Waals surface area contributed by atoms with E-state index in [1.807, 2.05) is 26.0 Å². The zero-order valence-electron chi connectivity index (χ0n) is 20.5. The number of ether oxygens (including phenoxy) is 8. The molecule has 0 aliphatic carbocycles. The van der Waals surface area contributed by atoms with E-state index >= 15 is 0 Å². The van der Waals surface area contributed by atoms with Gasteiger partial charge in [0.2, 0.25) is 5.75 Å². The van der Waals surface area contributed by atoms with E-state index in [0.29, 0.717) is 34.1 Å². The molecule has 0 heterocycles. The lowest BCUT2D eigenvalue weighted by Gasteiger charge is -2.17. The van der Waals surface area contributed by atoms with Crippen molar-refractivity contribution in [3.63, 3.8) is 0 Å². The zero-order valence-corrected chi connectivity index (χ0v) is 20.5. The summed E-state index contributed by atoms with van der Waals surface area (Å²) in [7, 11) is 6.05. The predicted molar refractivity (Wildman–Crippen MR) is 126 cm³/mol. The average Bonchev–Trinajstić information content (AvgIpc) is 2.82. The van der Waals surface area contributed by atoms with E-state index in [9.17, 15) is 4.79 Å². The highest BCUT2D eigenvalue weighted by Gasteiger charge is 2.17. The van der Waals surface area contributed by atoms with E-state index in [4.69, 9.17) is 37.9 Å². The van der Waals surface area contributed by atoms with Crippen LogP contribution >= 0.6 is 0 Å². The molecular weight excluding hydrogens is 444 g/mol. The van der Waals surface area contributed by atoms with Gasteiger partial charge in [-0.1, -0.05) is 12.1 Å². The molecule has 186 valence electrons. The Balaban J connectivity index is 2.43. The van der Waals surface area contributed by atoms with Crippen LogP contribution < -0.4 is 18.9 Å². The summed E-state index contributed by atoms with van der Waals surface area (Å²) in [6.45, 7) is 3.80. The fourth-order valence-electron chi connectivity index (χ4n) is 3.15. The molecule has 9 nitrogen and oxygen atoms in total. The van der Waals surface area contributed by atoms with Crippen LogP contribution in [0.15, 0.2) is 30.3 Å². The first-order chi connectivity index (χ1) is 16.4. The van der Waals surface area contributed by atoms with E-state index in [2.05, 4.69) is 0 Å². The minimum Gasteiger partial charge on any atom is -0.467 e. The van der Waals surface area contributed by atoms with Crippen LogP contribution in [-0.4, -0.2) is 61.4 Å². The Kier molecular flexibility index (Phi) is 11.3. The number of allylic oxidation sites excluding steroid dienone is 1. The summed E-state index contributed by atoms with van der Waals surface area (Å²) in [5, 5.41) is 0. The molecular formula is C25H32O9. The molecule has 0 aliphatic heterocycles. The van der Waals surface area contributed by atoms with Crippen LogP contribution in [0.2, 0.25) is 0 Å². The maximum atomic E-state index is 13.1. The maximum Gasteiger partial charge on any atom is 0.206 e. The predicted octanol–water partition coefficient (Wildman–Crippen LogP) is 4.13. The minimum absolute atomic E-state index is 0.0120. The average molecular weight is 477 g/mol. The Hall–Kier alpha value is -3.11. The number of methoxy groups -OCH3 is 4. The van der Waals surface area contributed by atoms with Crippen LogP contribution in [0, 0.1) is 13.8 Å². The number of benzene rings is 2. The highest BCUT2D eigenvalue weighted by atomic mass is 16.7. The Morgan fingerprint density at radius 2 is 1.21 bits per heavy atom. The molecule has 0 atom stereocenters. The molecule has 0 N–H and O–H groups in total. The number of aryl methyl sites for hydroxylation is 2.